The van der Waals surface area contributed by atoms with Gasteiger partial charge in [0.2, 0.25) is 0 Å². The number of aliphatic hydroxyl groups is 1. The molecule has 5 unspecified atom stereocenters. The summed E-state index contributed by atoms with van der Waals surface area (Å²) in [4.78, 5) is 11.6. The topological polar surface area (TPSA) is 46.5 Å². The SMILES string of the molecule is CC1OC(=O)C2=CC3CCCCC3C(O)C21. The van der Waals surface area contributed by atoms with Crippen LogP contribution in [-0.4, -0.2) is 23.3 Å². The van der Waals surface area contributed by atoms with Crippen LogP contribution < -0.4 is 0 Å². The summed E-state index contributed by atoms with van der Waals surface area (Å²) in [6, 6.07) is 0. The normalized spacial score (nSPS) is 46.8. The number of ether oxygens (including phenoxy) is 1. The van der Waals surface area contributed by atoms with Crippen LogP contribution in [0.4, 0.5) is 0 Å². The molecule has 3 aliphatic rings. The molecule has 5 atom stereocenters. The van der Waals surface area contributed by atoms with Crippen LogP contribution in [0, 0.1) is 17.8 Å². The first-order chi connectivity index (χ1) is 7.68. The molecule has 0 aromatic carbocycles. The Hall–Kier alpha value is -0.830. The van der Waals surface area contributed by atoms with Gasteiger partial charge < -0.3 is 9.84 Å². The van der Waals surface area contributed by atoms with Gasteiger partial charge in [0.05, 0.1) is 12.0 Å². The number of carbonyl (C=O) groups excluding carboxylic acids is 1. The fourth-order valence-corrected chi connectivity index (χ4v) is 3.66. The number of allylic oxidation sites excluding steroid dienone is 1. The van der Waals surface area contributed by atoms with E-state index in [1.807, 2.05) is 6.92 Å². The van der Waals surface area contributed by atoms with Crippen molar-refractivity contribution in [3.63, 3.8) is 0 Å². The molecule has 0 radical (unpaired) electrons. The summed E-state index contributed by atoms with van der Waals surface area (Å²) in [6.07, 6.45) is 6.17. The maximum Gasteiger partial charge on any atom is 0.334 e. The summed E-state index contributed by atoms with van der Waals surface area (Å²) in [5, 5.41) is 10.4. The van der Waals surface area contributed by atoms with Crippen LogP contribution in [0.1, 0.15) is 32.6 Å². The molecule has 88 valence electrons. The average Bonchev–Trinajstić information content (AvgIpc) is 2.55. The Morgan fingerprint density at radius 3 is 2.94 bits per heavy atom. The highest BCUT2D eigenvalue weighted by molar-refractivity contribution is 5.92. The van der Waals surface area contributed by atoms with Crippen molar-refractivity contribution >= 4 is 5.97 Å². The summed E-state index contributed by atoms with van der Waals surface area (Å²) in [5.41, 5.74) is 0.739. The number of rotatable bonds is 0. The molecule has 0 amide bonds. The molecule has 1 N–H and O–H groups in total. The lowest BCUT2D eigenvalue weighted by molar-refractivity contribution is -0.138. The van der Waals surface area contributed by atoms with E-state index < -0.39 is 0 Å². The van der Waals surface area contributed by atoms with Gasteiger partial charge in [-0.15, -0.1) is 0 Å². The molecule has 1 saturated heterocycles. The van der Waals surface area contributed by atoms with E-state index >= 15 is 0 Å². The number of cyclic esters (lactones) is 1. The van der Waals surface area contributed by atoms with Gasteiger partial charge in [-0.05, 0) is 31.6 Å². The zero-order valence-electron chi connectivity index (χ0n) is 9.56. The van der Waals surface area contributed by atoms with Gasteiger partial charge >= 0.3 is 5.97 Å². The summed E-state index contributed by atoms with van der Waals surface area (Å²) in [5.74, 6) is 0.458. The standard InChI is InChI=1S/C13H18O3/c1-7-11-10(13(15)16-7)6-8-4-2-3-5-9(8)12(11)14/h6-9,11-12,14H,2-5H2,1H3. The van der Waals surface area contributed by atoms with E-state index in [9.17, 15) is 9.90 Å². The molecule has 0 aromatic rings. The summed E-state index contributed by atoms with van der Waals surface area (Å²) in [7, 11) is 0. The molecule has 1 heterocycles. The van der Waals surface area contributed by atoms with Gasteiger partial charge in [-0.1, -0.05) is 18.9 Å². The van der Waals surface area contributed by atoms with Crippen molar-refractivity contribution in [1.29, 1.82) is 0 Å². The first-order valence-electron chi connectivity index (χ1n) is 6.29. The Balaban J connectivity index is 1.97. The van der Waals surface area contributed by atoms with Crippen molar-refractivity contribution in [3.8, 4) is 0 Å². The van der Waals surface area contributed by atoms with Gasteiger partial charge in [0.15, 0.2) is 0 Å². The second-order valence-electron chi connectivity index (χ2n) is 5.36. The minimum atomic E-state index is -0.383. The third kappa shape index (κ3) is 1.34. The van der Waals surface area contributed by atoms with Crippen LogP contribution in [0.2, 0.25) is 0 Å². The van der Waals surface area contributed by atoms with Gasteiger partial charge in [-0.3, -0.25) is 0 Å². The van der Waals surface area contributed by atoms with Crippen LogP contribution >= 0.6 is 0 Å². The molecular weight excluding hydrogens is 204 g/mol. The molecule has 16 heavy (non-hydrogen) atoms. The zero-order chi connectivity index (χ0) is 11.3. The van der Waals surface area contributed by atoms with Gasteiger partial charge in [-0.25, -0.2) is 4.79 Å². The largest absolute Gasteiger partial charge is 0.459 e. The number of hydrogen-bond acceptors (Lipinski definition) is 3. The molecule has 0 bridgehead atoms. The summed E-state index contributed by atoms with van der Waals surface area (Å²) >= 11 is 0. The van der Waals surface area contributed by atoms with Crippen molar-refractivity contribution in [2.75, 3.05) is 0 Å². The Morgan fingerprint density at radius 1 is 1.38 bits per heavy atom. The van der Waals surface area contributed by atoms with E-state index in [-0.39, 0.29) is 24.1 Å². The molecule has 2 aliphatic carbocycles. The highest BCUT2D eigenvalue weighted by Crippen LogP contribution is 2.46. The van der Waals surface area contributed by atoms with Crippen LogP contribution in [0.15, 0.2) is 11.6 Å². The van der Waals surface area contributed by atoms with Crippen LogP contribution in [-0.2, 0) is 9.53 Å². The first-order valence-corrected chi connectivity index (χ1v) is 6.29. The summed E-state index contributed by atoms with van der Waals surface area (Å²) < 4.78 is 5.22. The first kappa shape index (κ1) is 10.3. The predicted octanol–water partition coefficient (Wildman–Crippen LogP) is 1.66. The number of hydrogen-bond donors (Lipinski definition) is 1. The van der Waals surface area contributed by atoms with Crippen molar-refractivity contribution in [2.45, 2.75) is 44.8 Å². The highest BCUT2D eigenvalue weighted by atomic mass is 16.6. The molecule has 0 aromatic heterocycles. The average molecular weight is 222 g/mol. The Bertz CT molecular complexity index is 347. The smallest absolute Gasteiger partial charge is 0.334 e. The van der Waals surface area contributed by atoms with Crippen molar-refractivity contribution in [1.82, 2.24) is 0 Å². The Labute approximate surface area is 95.5 Å². The molecule has 3 rings (SSSR count). The van der Waals surface area contributed by atoms with E-state index in [1.54, 1.807) is 0 Å². The quantitative estimate of drug-likeness (QED) is 0.634. The van der Waals surface area contributed by atoms with E-state index in [2.05, 4.69) is 6.08 Å². The van der Waals surface area contributed by atoms with Crippen LogP contribution in [0.25, 0.3) is 0 Å². The number of carbonyl (C=O) groups is 1. The molecule has 3 nitrogen and oxygen atoms in total. The van der Waals surface area contributed by atoms with E-state index in [0.29, 0.717) is 11.8 Å². The van der Waals surface area contributed by atoms with Crippen LogP contribution in [0.3, 0.4) is 0 Å². The van der Waals surface area contributed by atoms with Gasteiger partial charge in [0.25, 0.3) is 0 Å². The fraction of sp³-hybridized carbons (Fsp3) is 0.769. The maximum atomic E-state index is 11.6. The van der Waals surface area contributed by atoms with E-state index in [0.717, 1.165) is 18.4 Å². The third-order valence-corrected chi connectivity index (χ3v) is 4.47. The van der Waals surface area contributed by atoms with E-state index in [4.69, 9.17) is 4.74 Å². The molecular formula is C13H18O3. The van der Waals surface area contributed by atoms with Gasteiger partial charge in [0.1, 0.15) is 6.10 Å². The van der Waals surface area contributed by atoms with Gasteiger partial charge in [-0.2, -0.15) is 0 Å². The summed E-state index contributed by atoms with van der Waals surface area (Å²) in [6.45, 7) is 1.88. The fourth-order valence-electron chi connectivity index (χ4n) is 3.66. The molecule has 0 spiro atoms. The lowest BCUT2D eigenvalue weighted by atomic mass is 9.66. The van der Waals surface area contributed by atoms with Crippen LogP contribution in [0.5, 0.6) is 0 Å². The Kier molecular flexibility index (Phi) is 2.32. The third-order valence-electron chi connectivity index (χ3n) is 4.47. The van der Waals surface area contributed by atoms with Crippen molar-refractivity contribution in [2.24, 2.45) is 17.8 Å². The van der Waals surface area contributed by atoms with E-state index in [1.165, 1.54) is 12.8 Å². The van der Waals surface area contributed by atoms with Crippen molar-refractivity contribution in [3.05, 3.63) is 11.6 Å². The second kappa shape index (κ2) is 3.59. The molecule has 2 fully saturated rings. The minimum Gasteiger partial charge on any atom is -0.459 e. The minimum absolute atomic E-state index is 0.0770. The van der Waals surface area contributed by atoms with Gasteiger partial charge in [0, 0.05) is 5.57 Å². The molecule has 1 aliphatic heterocycles. The number of esters is 1. The molecule has 1 saturated carbocycles. The molecule has 3 heteroatoms. The highest BCUT2D eigenvalue weighted by Gasteiger charge is 2.49. The lowest BCUT2D eigenvalue weighted by Crippen LogP contribution is -2.42. The lowest BCUT2D eigenvalue weighted by Gasteiger charge is -2.40. The number of aliphatic hydroxyl groups excluding tert-OH is 1. The number of fused-ring (bicyclic) bond motifs is 2. The second-order valence-corrected chi connectivity index (χ2v) is 5.36. The predicted molar refractivity (Wildman–Crippen MR) is 58.6 cm³/mol. The monoisotopic (exact) mass is 222 g/mol. The zero-order valence-corrected chi connectivity index (χ0v) is 9.56. The Morgan fingerprint density at radius 2 is 2.12 bits per heavy atom. The maximum absolute atomic E-state index is 11.6. The van der Waals surface area contributed by atoms with Crippen molar-refractivity contribution < 1.29 is 14.6 Å².